The molecule has 0 spiro atoms. The summed E-state index contributed by atoms with van der Waals surface area (Å²) in [4.78, 5) is 18.5. The summed E-state index contributed by atoms with van der Waals surface area (Å²) < 4.78 is 33.8. The highest BCUT2D eigenvalue weighted by atomic mass is 19.1. The molecule has 0 radical (unpaired) electrons. The highest BCUT2D eigenvalue weighted by molar-refractivity contribution is 5.88. The molecule has 2 N–H and O–H groups in total. The van der Waals surface area contributed by atoms with Gasteiger partial charge in [0.25, 0.3) is 0 Å². The van der Waals surface area contributed by atoms with Crippen molar-refractivity contribution in [3.8, 4) is 0 Å². The van der Waals surface area contributed by atoms with E-state index in [1.165, 1.54) is 12.1 Å². The number of carbonyl (C=O) groups is 1. The van der Waals surface area contributed by atoms with Crippen molar-refractivity contribution in [2.24, 2.45) is 0 Å². The molecule has 2 aromatic carbocycles. The number of nitrogens with zero attached hydrogens (tertiary/aromatic N) is 1. The van der Waals surface area contributed by atoms with Crippen LogP contribution in [-0.4, -0.2) is 55.2 Å². The van der Waals surface area contributed by atoms with Crippen LogP contribution in [0.2, 0.25) is 0 Å². The van der Waals surface area contributed by atoms with Crippen molar-refractivity contribution >= 4 is 16.8 Å². The van der Waals surface area contributed by atoms with E-state index in [9.17, 15) is 13.6 Å². The number of para-hydroxylation sites is 1. The van der Waals surface area contributed by atoms with Crippen LogP contribution in [0.25, 0.3) is 10.9 Å². The quantitative estimate of drug-likeness (QED) is 0.471. The molecule has 0 unspecified atom stereocenters. The molecule has 33 heavy (non-hydrogen) atoms. The summed E-state index contributed by atoms with van der Waals surface area (Å²) in [5.41, 5.74) is 3.31. The van der Waals surface area contributed by atoms with E-state index in [-0.39, 0.29) is 12.3 Å². The number of hydrogen-bond donors (Lipinski definition) is 2. The van der Waals surface area contributed by atoms with Crippen LogP contribution in [0.3, 0.4) is 0 Å². The third-order valence-corrected chi connectivity index (χ3v) is 6.39. The van der Waals surface area contributed by atoms with Gasteiger partial charge in [0, 0.05) is 55.1 Å². The molecule has 1 aliphatic rings. The molecule has 5 nitrogen and oxygen atoms in total. The van der Waals surface area contributed by atoms with Gasteiger partial charge in [0.15, 0.2) is 0 Å². The molecule has 2 heterocycles. The van der Waals surface area contributed by atoms with Gasteiger partial charge < -0.3 is 15.0 Å². The van der Waals surface area contributed by atoms with E-state index in [1.807, 2.05) is 18.3 Å². The van der Waals surface area contributed by atoms with Gasteiger partial charge in [-0.3, -0.25) is 9.69 Å². The molecule has 1 atom stereocenters. The number of morpholine rings is 1. The monoisotopic (exact) mass is 455 g/mol. The second-order valence-electron chi connectivity index (χ2n) is 8.52. The summed E-state index contributed by atoms with van der Waals surface area (Å²) >= 11 is 0. The first-order valence-electron chi connectivity index (χ1n) is 11.7. The van der Waals surface area contributed by atoms with Crippen LogP contribution >= 0.6 is 0 Å². The van der Waals surface area contributed by atoms with Crippen LogP contribution in [0.4, 0.5) is 8.78 Å². The molecule has 3 aromatic rings. The fourth-order valence-electron chi connectivity index (χ4n) is 4.61. The number of aromatic nitrogens is 1. The van der Waals surface area contributed by atoms with E-state index in [0.717, 1.165) is 73.8 Å². The second kappa shape index (κ2) is 10.9. The van der Waals surface area contributed by atoms with Gasteiger partial charge in [-0.05, 0) is 42.1 Å². The fraction of sp³-hybridized carbons (Fsp3) is 0.423. The number of hydrogen-bond acceptors (Lipinski definition) is 3. The highest BCUT2D eigenvalue weighted by Gasteiger charge is 2.25. The lowest BCUT2D eigenvalue weighted by molar-refractivity contribution is -0.121. The molecule has 1 aromatic heterocycles. The van der Waals surface area contributed by atoms with Crippen molar-refractivity contribution in [2.45, 2.75) is 32.1 Å². The smallest absolute Gasteiger partial charge is 0.220 e. The number of rotatable bonds is 9. The molecule has 1 fully saturated rings. The lowest BCUT2D eigenvalue weighted by Crippen LogP contribution is -2.38. The van der Waals surface area contributed by atoms with Crippen LogP contribution in [0.15, 0.2) is 42.6 Å². The Hall–Kier alpha value is -2.77. The predicted molar refractivity (Wildman–Crippen MR) is 125 cm³/mol. The SMILES string of the molecule is CCc1cccc2c([C@@H](CC(=O)NCCCN3CCOCC3)c3ccc(F)cc3F)c[nH]c12. The number of halogens is 2. The maximum atomic E-state index is 14.8. The largest absolute Gasteiger partial charge is 0.379 e. The molecule has 7 heteroatoms. The molecule has 1 saturated heterocycles. The van der Waals surface area contributed by atoms with E-state index in [1.54, 1.807) is 0 Å². The van der Waals surface area contributed by atoms with Gasteiger partial charge in [0.1, 0.15) is 11.6 Å². The maximum absolute atomic E-state index is 14.8. The van der Waals surface area contributed by atoms with E-state index < -0.39 is 17.6 Å². The number of aryl methyl sites for hydroxylation is 1. The predicted octanol–water partition coefficient (Wildman–Crippen LogP) is 4.37. The van der Waals surface area contributed by atoms with Crippen molar-refractivity contribution in [2.75, 3.05) is 39.4 Å². The normalized spacial score (nSPS) is 15.6. The van der Waals surface area contributed by atoms with Gasteiger partial charge in [-0.2, -0.15) is 0 Å². The van der Waals surface area contributed by atoms with Crippen molar-refractivity contribution in [1.82, 2.24) is 15.2 Å². The minimum absolute atomic E-state index is 0.0867. The van der Waals surface area contributed by atoms with Gasteiger partial charge in [-0.15, -0.1) is 0 Å². The summed E-state index contributed by atoms with van der Waals surface area (Å²) in [6.45, 7) is 6.88. The summed E-state index contributed by atoms with van der Waals surface area (Å²) in [7, 11) is 0. The first-order valence-corrected chi connectivity index (χ1v) is 11.7. The van der Waals surface area contributed by atoms with Gasteiger partial charge in [-0.1, -0.05) is 31.2 Å². The zero-order valence-electron chi connectivity index (χ0n) is 19.0. The Morgan fingerprint density at radius 1 is 1.18 bits per heavy atom. The van der Waals surface area contributed by atoms with Crippen LogP contribution in [0.1, 0.15) is 42.4 Å². The van der Waals surface area contributed by atoms with E-state index in [0.29, 0.717) is 12.1 Å². The number of ether oxygens (including phenoxy) is 1. The highest BCUT2D eigenvalue weighted by Crippen LogP contribution is 2.36. The Kier molecular flexibility index (Phi) is 7.73. The second-order valence-corrected chi connectivity index (χ2v) is 8.52. The number of benzene rings is 2. The molecule has 0 aliphatic carbocycles. The van der Waals surface area contributed by atoms with Crippen LogP contribution in [-0.2, 0) is 16.0 Å². The molecule has 1 aliphatic heterocycles. The molecule has 176 valence electrons. The average molecular weight is 456 g/mol. The van der Waals surface area contributed by atoms with Crippen LogP contribution in [0, 0.1) is 11.6 Å². The Labute approximate surface area is 193 Å². The zero-order valence-corrected chi connectivity index (χ0v) is 19.0. The third-order valence-electron chi connectivity index (χ3n) is 6.39. The zero-order chi connectivity index (χ0) is 23.2. The summed E-state index contributed by atoms with van der Waals surface area (Å²) in [6.07, 6.45) is 3.64. The molecule has 1 amide bonds. The minimum Gasteiger partial charge on any atom is -0.379 e. The molecular formula is C26H31F2N3O2. The van der Waals surface area contributed by atoms with Crippen molar-refractivity contribution in [3.63, 3.8) is 0 Å². The maximum Gasteiger partial charge on any atom is 0.220 e. The van der Waals surface area contributed by atoms with E-state index in [4.69, 9.17) is 4.74 Å². The number of carbonyl (C=O) groups excluding carboxylic acids is 1. The number of fused-ring (bicyclic) bond motifs is 1. The van der Waals surface area contributed by atoms with Crippen molar-refractivity contribution < 1.29 is 18.3 Å². The summed E-state index contributed by atoms with van der Waals surface area (Å²) in [5.74, 6) is -1.94. The van der Waals surface area contributed by atoms with Crippen LogP contribution in [0.5, 0.6) is 0 Å². The number of H-pyrrole nitrogens is 1. The van der Waals surface area contributed by atoms with Gasteiger partial charge in [-0.25, -0.2) is 8.78 Å². The molecule has 0 saturated carbocycles. The first kappa shape index (κ1) is 23.4. The Morgan fingerprint density at radius 2 is 2.00 bits per heavy atom. The fourth-order valence-corrected chi connectivity index (χ4v) is 4.61. The summed E-state index contributed by atoms with van der Waals surface area (Å²) in [5, 5.41) is 3.94. The molecule has 0 bridgehead atoms. The number of nitrogens with one attached hydrogen (secondary N) is 2. The third kappa shape index (κ3) is 5.60. The number of amides is 1. The standard InChI is InChI=1S/C26H31F2N3O2/c1-2-18-5-3-6-21-23(17-30-26(18)21)22(20-8-7-19(27)15-24(20)28)16-25(32)29-9-4-10-31-11-13-33-14-12-31/h3,5-8,15,17,22,30H,2,4,9-14,16H2,1H3,(H,29,32)/t22-/m0/s1. The lowest BCUT2D eigenvalue weighted by Gasteiger charge is -2.26. The van der Waals surface area contributed by atoms with Gasteiger partial charge >= 0.3 is 0 Å². The van der Waals surface area contributed by atoms with Gasteiger partial charge in [0.2, 0.25) is 5.91 Å². The Balaban J connectivity index is 1.51. The molecule has 4 rings (SSSR count). The van der Waals surface area contributed by atoms with Crippen LogP contribution < -0.4 is 5.32 Å². The Morgan fingerprint density at radius 3 is 2.76 bits per heavy atom. The van der Waals surface area contributed by atoms with Crippen molar-refractivity contribution in [3.05, 3.63) is 70.9 Å². The molecular weight excluding hydrogens is 424 g/mol. The Bertz CT molecular complexity index is 1090. The van der Waals surface area contributed by atoms with E-state index >= 15 is 0 Å². The topological polar surface area (TPSA) is 57.4 Å². The van der Waals surface area contributed by atoms with Crippen molar-refractivity contribution in [1.29, 1.82) is 0 Å². The average Bonchev–Trinajstić information content (AvgIpc) is 3.25. The minimum atomic E-state index is -0.638. The lowest BCUT2D eigenvalue weighted by atomic mass is 9.87. The van der Waals surface area contributed by atoms with Gasteiger partial charge in [0.05, 0.1) is 13.2 Å². The first-order chi connectivity index (χ1) is 16.1. The summed E-state index contributed by atoms with van der Waals surface area (Å²) in [6, 6.07) is 9.59. The van der Waals surface area contributed by atoms with E-state index in [2.05, 4.69) is 28.2 Å². The number of aromatic amines is 1.